The van der Waals surface area contributed by atoms with Crippen molar-refractivity contribution in [3.8, 4) is 33.4 Å². The lowest BCUT2D eigenvalue weighted by atomic mass is 9.66. The maximum Gasteiger partial charge on any atom is 0.0714 e. The van der Waals surface area contributed by atoms with Crippen molar-refractivity contribution < 1.29 is 0 Å². The highest BCUT2D eigenvalue weighted by atomic mass is 127. The fourth-order valence-corrected chi connectivity index (χ4v) is 9.25. The number of fused-ring (bicyclic) bond motifs is 7. The molecule has 0 atom stereocenters. The summed E-state index contributed by atoms with van der Waals surface area (Å²) < 4.78 is 0. The molecule has 0 aliphatic heterocycles. The molecule has 0 N–H and O–H groups in total. The lowest BCUT2D eigenvalue weighted by Gasteiger charge is -2.35. The van der Waals surface area contributed by atoms with Crippen LogP contribution in [0.5, 0.6) is 0 Å². The first-order valence-electron chi connectivity index (χ1n) is 21.4. The van der Waals surface area contributed by atoms with Gasteiger partial charge < -0.3 is 0 Å². The summed E-state index contributed by atoms with van der Waals surface area (Å²) in [5.74, 6) is 0. The first-order chi connectivity index (χ1) is 29.2. The Bertz CT molecular complexity index is 2890. The van der Waals surface area contributed by atoms with E-state index in [1.54, 1.807) is 0 Å². The van der Waals surface area contributed by atoms with Crippen molar-refractivity contribution in [1.82, 2.24) is 0 Å². The van der Waals surface area contributed by atoms with Crippen LogP contribution in [0.1, 0.15) is 62.8 Å². The Hall–Kier alpha value is -6.03. The van der Waals surface area contributed by atoms with Crippen LogP contribution in [0.25, 0.3) is 76.5 Å². The summed E-state index contributed by atoms with van der Waals surface area (Å²) in [6, 6.07) is 77.1. The van der Waals surface area contributed by atoms with E-state index in [1.807, 2.05) is 13.8 Å². The topological polar surface area (TPSA) is 0 Å². The Morgan fingerprint density at radius 3 is 1.10 bits per heavy atom. The van der Waals surface area contributed by atoms with E-state index >= 15 is 0 Å². The summed E-state index contributed by atoms with van der Waals surface area (Å²) in [4.78, 5) is 0. The van der Waals surface area contributed by atoms with Crippen LogP contribution >= 0.6 is 24.0 Å². The zero-order valence-electron chi connectivity index (χ0n) is 35.0. The van der Waals surface area contributed by atoms with Gasteiger partial charge in [-0.05, 0) is 123 Å². The van der Waals surface area contributed by atoms with Crippen molar-refractivity contribution in [2.75, 3.05) is 0 Å². The third-order valence-electron chi connectivity index (χ3n) is 12.2. The first kappa shape index (κ1) is 40.7. The monoisotopic (exact) mass is 886 g/mol. The number of hydrogen-bond donors (Lipinski definition) is 0. The van der Waals surface area contributed by atoms with Gasteiger partial charge in [-0.3, -0.25) is 0 Å². The average molecular weight is 887 g/mol. The van der Waals surface area contributed by atoms with Crippen LogP contribution in [-0.4, -0.2) is 0 Å². The minimum absolute atomic E-state index is 0. The van der Waals surface area contributed by atoms with Crippen LogP contribution in [0, 0.1) is 0 Å². The van der Waals surface area contributed by atoms with Crippen molar-refractivity contribution in [2.24, 2.45) is 0 Å². The van der Waals surface area contributed by atoms with E-state index in [-0.39, 0.29) is 24.0 Å². The second-order valence-electron chi connectivity index (χ2n) is 15.4. The van der Waals surface area contributed by atoms with Crippen molar-refractivity contribution in [3.05, 3.63) is 229 Å². The number of benzene rings is 10. The maximum atomic E-state index is 2.50. The Balaban J connectivity index is 0.000000675. The third kappa shape index (κ3) is 6.99. The fourth-order valence-electron chi connectivity index (χ4n) is 9.25. The molecule has 0 nitrogen and oxygen atoms in total. The summed E-state index contributed by atoms with van der Waals surface area (Å²) in [6.45, 7) is 8.36. The normalized spacial score (nSPS) is 12.1. The van der Waals surface area contributed by atoms with Crippen LogP contribution in [0.15, 0.2) is 206 Å². The second-order valence-corrected chi connectivity index (χ2v) is 15.4. The van der Waals surface area contributed by atoms with Gasteiger partial charge in [0.2, 0.25) is 0 Å². The molecule has 0 amide bonds. The van der Waals surface area contributed by atoms with E-state index < -0.39 is 5.41 Å². The van der Waals surface area contributed by atoms with Gasteiger partial charge in [0.05, 0.1) is 5.41 Å². The molecular weight excluding hydrogens is 836 g/mol. The Kier molecular flexibility index (Phi) is 12.0. The molecule has 0 heterocycles. The fraction of sp³-hybridized carbons (Fsp3) is 0.119. The molecule has 0 spiro atoms. The van der Waals surface area contributed by atoms with Crippen LogP contribution in [0.4, 0.5) is 0 Å². The van der Waals surface area contributed by atoms with E-state index in [4.69, 9.17) is 0 Å². The van der Waals surface area contributed by atoms with Crippen LogP contribution in [0.3, 0.4) is 0 Å². The highest BCUT2D eigenvalue weighted by Crippen LogP contribution is 2.58. The van der Waals surface area contributed by atoms with Gasteiger partial charge in [0, 0.05) is 0 Å². The van der Waals surface area contributed by atoms with Gasteiger partial charge in [-0.15, -0.1) is 24.0 Å². The molecule has 0 unspecified atom stereocenters. The van der Waals surface area contributed by atoms with Crippen molar-refractivity contribution >= 4 is 67.1 Å². The maximum absolute atomic E-state index is 2.50. The summed E-state index contributed by atoms with van der Waals surface area (Å²) >= 11 is 0. The lowest BCUT2D eigenvalue weighted by molar-refractivity contribution is 0.772. The van der Waals surface area contributed by atoms with E-state index in [0.717, 1.165) is 0 Å². The Morgan fingerprint density at radius 1 is 0.317 bits per heavy atom. The highest BCUT2D eigenvalue weighted by molar-refractivity contribution is 14.0. The standard InChI is InChI=1S/C53H34.C4H10.C2H6.HI/c1-3-15-39-31-43(27-23-35(39)11-1)53(44-28-24-36-12-2-4-16-40(36)32-44)51-33-41(47-21-9-17-37-13-5-7-19-45(37)47)25-29-49(51)50-30-26-42(34-52(50)53)48-22-10-18-38-14-6-8-20-46(38)48;1-3-4-2;1-2;/h1-34H;3-4H2,1-2H3;1-2H3;1H. The molecule has 0 fully saturated rings. The predicted octanol–water partition coefficient (Wildman–Crippen LogP) is 17.4. The van der Waals surface area contributed by atoms with Crippen molar-refractivity contribution in [3.63, 3.8) is 0 Å². The number of rotatable bonds is 5. The van der Waals surface area contributed by atoms with E-state index in [9.17, 15) is 0 Å². The third-order valence-corrected chi connectivity index (χ3v) is 12.2. The van der Waals surface area contributed by atoms with Crippen molar-refractivity contribution in [1.29, 1.82) is 0 Å². The van der Waals surface area contributed by atoms with Gasteiger partial charge in [-0.25, -0.2) is 0 Å². The Labute approximate surface area is 372 Å². The summed E-state index contributed by atoms with van der Waals surface area (Å²) in [7, 11) is 0. The largest absolute Gasteiger partial charge is 0.107 e. The van der Waals surface area contributed by atoms with Gasteiger partial charge in [-0.1, -0.05) is 223 Å². The number of hydrogen-bond acceptors (Lipinski definition) is 0. The van der Waals surface area contributed by atoms with E-state index in [2.05, 4.69) is 220 Å². The zero-order chi connectivity index (χ0) is 40.3. The molecule has 11 rings (SSSR count). The number of unbranched alkanes of at least 4 members (excludes halogenated alkanes) is 1. The van der Waals surface area contributed by atoms with Gasteiger partial charge >= 0.3 is 0 Å². The molecular formula is C59H51I. The molecule has 1 aliphatic rings. The SMILES string of the molecule is CC.CCCC.I.c1ccc2cc(C3(c4ccc5ccccc5c4)c4cc(-c5cccc6ccccc56)ccc4-c4ccc(-c5cccc6ccccc56)cc43)ccc2c1. The quantitative estimate of drug-likeness (QED) is 0.151. The number of halogens is 1. The first-order valence-corrected chi connectivity index (χ1v) is 21.4. The van der Waals surface area contributed by atoms with Crippen molar-refractivity contribution in [2.45, 2.75) is 46.0 Å². The molecule has 1 heteroatoms. The van der Waals surface area contributed by atoms with Gasteiger partial charge in [-0.2, -0.15) is 0 Å². The van der Waals surface area contributed by atoms with Crippen LogP contribution < -0.4 is 0 Å². The van der Waals surface area contributed by atoms with E-state index in [1.165, 1.54) is 112 Å². The molecule has 0 radical (unpaired) electrons. The van der Waals surface area contributed by atoms with Gasteiger partial charge in [0.1, 0.15) is 0 Å². The molecule has 294 valence electrons. The molecule has 0 saturated carbocycles. The molecule has 1 aliphatic carbocycles. The molecule has 0 aromatic heterocycles. The van der Waals surface area contributed by atoms with Crippen LogP contribution in [0.2, 0.25) is 0 Å². The predicted molar refractivity (Wildman–Crippen MR) is 272 cm³/mol. The molecule has 10 aromatic rings. The molecule has 10 aromatic carbocycles. The highest BCUT2D eigenvalue weighted by Gasteiger charge is 2.47. The molecule has 60 heavy (non-hydrogen) atoms. The molecule has 0 saturated heterocycles. The summed E-state index contributed by atoms with van der Waals surface area (Å²) in [5.41, 5.74) is 12.1. The zero-order valence-corrected chi connectivity index (χ0v) is 37.3. The van der Waals surface area contributed by atoms with Gasteiger partial charge in [0.25, 0.3) is 0 Å². The Morgan fingerprint density at radius 2 is 0.683 bits per heavy atom. The minimum Gasteiger partial charge on any atom is -0.107 e. The summed E-state index contributed by atoms with van der Waals surface area (Å²) in [5, 5.41) is 10.0. The minimum atomic E-state index is -0.583. The molecule has 0 bridgehead atoms. The lowest BCUT2D eigenvalue weighted by Crippen LogP contribution is -2.28. The average Bonchev–Trinajstić information content (AvgIpc) is 3.61. The summed E-state index contributed by atoms with van der Waals surface area (Å²) in [6.07, 6.45) is 2.64. The van der Waals surface area contributed by atoms with E-state index in [0.29, 0.717) is 0 Å². The second kappa shape index (κ2) is 17.7. The smallest absolute Gasteiger partial charge is 0.0714 e. The van der Waals surface area contributed by atoms with Crippen LogP contribution in [-0.2, 0) is 5.41 Å². The van der Waals surface area contributed by atoms with Gasteiger partial charge in [0.15, 0.2) is 0 Å².